The highest BCUT2D eigenvalue weighted by Gasteiger charge is 2.59. The summed E-state index contributed by atoms with van der Waals surface area (Å²) in [5.41, 5.74) is -0.794. The number of hydrogen-bond donors (Lipinski definition) is 0. The Morgan fingerprint density at radius 1 is 1.05 bits per heavy atom. The molecule has 3 nitrogen and oxygen atoms in total. The van der Waals surface area contributed by atoms with Crippen LogP contribution >= 0.6 is 0 Å². The maximum Gasteiger partial charge on any atom is 0.320 e. The normalized spacial score (nSPS) is 24.7. The molecule has 3 heteroatoms. The molecule has 19 heavy (non-hydrogen) atoms. The Morgan fingerprint density at radius 3 is 1.89 bits per heavy atom. The highest BCUT2D eigenvalue weighted by Crippen LogP contribution is 2.56. The molecule has 110 valence electrons. The van der Waals surface area contributed by atoms with Crippen molar-refractivity contribution in [1.82, 2.24) is 0 Å². The number of ether oxygens (including phenoxy) is 1. The lowest BCUT2D eigenvalue weighted by Crippen LogP contribution is -2.45. The van der Waals surface area contributed by atoms with Crippen molar-refractivity contribution in [3.05, 3.63) is 0 Å². The van der Waals surface area contributed by atoms with Gasteiger partial charge in [0.2, 0.25) is 0 Å². The summed E-state index contributed by atoms with van der Waals surface area (Å²) in [7, 11) is 0. The first-order chi connectivity index (χ1) is 8.66. The number of esters is 2. The fourth-order valence-electron chi connectivity index (χ4n) is 3.01. The van der Waals surface area contributed by atoms with Gasteiger partial charge in [-0.3, -0.25) is 9.59 Å². The Morgan fingerprint density at radius 2 is 1.58 bits per heavy atom. The summed E-state index contributed by atoms with van der Waals surface area (Å²) in [5.74, 6) is -0.668. The van der Waals surface area contributed by atoms with Crippen LogP contribution in [0.2, 0.25) is 0 Å². The zero-order valence-electron chi connectivity index (χ0n) is 13.3. The van der Waals surface area contributed by atoms with Crippen LogP contribution in [0.15, 0.2) is 0 Å². The highest BCUT2D eigenvalue weighted by molar-refractivity contribution is 5.98. The van der Waals surface area contributed by atoms with Gasteiger partial charge in [0.25, 0.3) is 0 Å². The third-order valence-corrected chi connectivity index (χ3v) is 5.66. The lowest BCUT2D eigenvalue weighted by atomic mass is 9.56. The second kappa shape index (κ2) is 5.26. The van der Waals surface area contributed by atoms with Gasteiger partial charge in [-0.05, 0) is 23.7 Å². The van der Waals surface area contributed by atoms with Gasteiger partial charge in [0.05, 0.1) is 11.8 Å². The molecule has 1 aliphatic heterocycles. The van der Waals surface area contributed by atoms with Crippen LogP contribution in [0.1, 0.15) is 73.6 Å². The average molecular weight is 268 g/mol. The average Bonchev–Trinajstić information content (AvgIpc) is 2.65. The maximum atomic E-state index is 12.4. The first-order valence-electron chi connectivity index (χ1n) is 7.41. The number of carbonyl (C=O) groups is 2. The van der Waals surface area contributed by atoms with Crippen LogP contribution in [0.3, 0.4) is 0 Å². The monoisotopic (exact) mass is 268 g/mol. The Bertz CT molecular complexity index is 366. The molecule has 1 heterocycles. The van der Waals surface area contributed by atoms with E-state index >= 15 is 0 Å². The molecule has 0 aromatic rings. The molecule has 1 aliphatic rings. The molecule has 0 amide bonds. The summed E-state index contributed by atoms with van der Waals surface area (Å²) in [6.07, 6.45) is 3.85. The zero-order chi connectivity index (χ0) is 14.9. The molecule has 0 N–H and O–H groups in total. The standard InChI is InChI=1S/C16H28O3/c1-7-14(4,5)16(10-12(17)19-13(16)18)11-15(6,8-2)9-3/h7-11H2,1-6H3. The van der Waals surface area contributed by atoms with Gasteiger partial charge in [-0.25, -0.2) is 0 Å². The van der Waals surface area contributed by atoms with E-state index in [1.54, 1.807) is 0 Å². The summed E-state index contributed by atoms with van der Waals surface area (Å²) < 4.78 is 4.92. The van der Waals surface area contributed by atoms with Crippen molar-refractivity contribution >= 4 is 11.9 Å². The van der Waals surface area contributed by atoms with Crippen molar-refractivity contribution in [2.75, 3.05) is 0 Å². The van der Waals surface area contributed by atoms with Crippen LogP contribution in [0.5, 0.6) is 0 Å². The van der Waals surface area contributed by atoms with Gasteiger partial charge in [-0.15, -0.1) is 0 Å². The predicted molar refractivity (Wildman–Crippen MR) is 75.5 cm³/mol. The third-order valence-electron chi connectivity index (χ3n) is 5.66. The minimum absolute atomic E-state index is 0.0794. The minimum Gasteiger partial charge on any atom is -0.393 e. The van der Waals surface area contributed by atoms with Crippen LogP contribution in [0.4, 0.5) is 0 Å². The predicted octanol–water partition coefficient (Wildman–Crippen LogP) is 4.10. The van der Waals surface area contributed by atoms with Crippen LogP contribution in [0, 0.1) is 16.2 Å². The molecular weight excluding hydrogens is 240 g/mol. The van der Waals surface area contributed by atoms with Gasteiger partial charge in [-0.2, -0.15) is 0 Å². The summed E-state index contributed by atoms with van der Waals surface area (Å²) in [4.78, 5) is 24.0. The van der Waals surface area contributed by atoms with E-state index in [0.29, 0.717) is 0 Å². The summed E-state index contributed by atoms with van der Waals surface area (Å²) in [6, 6.07) is 0. The molecule has 1 rings (SSSR count). The molecular formula is C16H28O3. The summed E-state index contributed by atoms with van der Waals surface area (Å²) >= 11 is 0. The molecule has 0 bridgehead atoms. The number of rotatable bonds is 6. The topological polar surface area (TPSA) is 43.4 Å². The van der Waals surface area contributed by atoms with Gasteiger partial charge in [-0.1, -0.05) is 54.4 Å². The van der Waals surface area contributed by atoms with E-state index in [1.165, 1.54) is 0 Å². The Balaban J connectivity index is 3.22. The van der Waals surface area contributed by atoms with Crippen LogP contribution in [0.25, 0.3) is 0 Å². The number of carbonyl (C=O) groups excluding carboxylic acids is 2. The summed E-state index contributed by atoms with van der Waals surface area (Å²) in [5, 5.41) is 0. The van der Waals surface area contributed by atoms with Crippen molar-refractivity contribution < 1.29 is 14.3 Å². The molecule has 0 spiro atoms. The van der Waals surface area contributed by atoms with Gasteiger partial charge in [0.1, 0.15) is 0 Å². The maximum absolute atomic E-state index is 12.4. The third kappa shape index (κ3) is 2.70. The van der Waals surface area contributed by atoms with Crippen molar-refractivity contribution in [1.29, 1.82) is 0 Å². The van der Waals surface area contributed by atoms with Gasteiger partial charge < -0.3 is 4.74 Å². The summed E-state index contributed by atoms with van der Waals surface area (Å²) in [6.45, 7) is 12.7. The molecule has 1 fully saturated rings. The van der Waals surface area contributed by atoms with E-state index in [0.717, 1.165) is 25.7 Å². The van der Waals surface area contributed by atoms with Crippen LogP contribution < -0.4 is 0 Å². The lowest BCUT2D eigenvalue weighted by molar-refractivity contribution is -0.160. The largest absolute Gasteiger partial charge is 0.393 e. The zero-order valence-corrected chi connectivity index (χ0v) is 13.3. The van der Waals surface area contributed by atoms with Gasteiger partial charge in [0.15, 0.2) is 0 Å². The molecule has 0 radical (unpaired) electrons. The molecule has 0 aromatic heterocycles. The second-order valence-corrected chi connectivity index (χ2v) is 6.95. The quantitative estimate of drug-likeness (QED) is 0.538. The Hall–Kier alpha value is -0.860. The lowest BCUT2D eigenvalue weighted by Gasteiger charge is -2.45. The van der Waals surface area contributed by atoms with Crippen molar-refractivity contribution in [3.8, 4) is 0 Å². The molecule has 0 aromatic carbocycles. The first-order valence-corrected chi connectivity index (χ1v) is 7.41. The molecule has 0 aliphatic carbocycles. The number of cyclic esters (lactones) is 2. The van der Waals surface area contributed by atoms with Crippen molar-refractivity contribution in [2.45, 2.75) is 73.6 Å². The second-order valence-electron chi connectivity index (χ2n) is 6.95. The van der Waals surface area contributed by atoms with E-state index in [9.17, 15) is 9.59 Å². The first kappa shape index (κ1) is 16.2. The fraction of sp³-hybridized carbons (Fsp3) is 0.875. The molecule has 0 saturated carbocycles. The van der Waals surface area contributed by atoms with Crippen LogP contribution in [-0.4, -0.2) is 11.9 Å². The Kier molecular flexibility index (Phi) is 4.48. The van der Waals surface area contributed by atoms with Gasteiger partial charge >= 0.3 is 11.9 Å². The number of hydrogen-bond acceptors (Lipinski definition) is 3. The molecule has 1 atom stereocenters. The van der Waals surface area contributed by atoms with E-state index < -0.39 is 5.41 Å². The van der Waals surface area contributed by atoms with E-state index in [-0.39, 0.29) is 29.2 Å². The SMILES string of the molecule is CCC(C)(CC)CC1(C(C)(C)CC)CC(=O)OC1=O. The highest BCUT2D eigenvalue weighted by atomic mass is 16.6. The van der Waals surface area contributed by atoms with E-state index in [2.05, 4.69) is 41.5 Å². The van der Waals surface area contributed by atoms with Gasteiger partial charge in [0, 0.05) is 0 Å². The molecule has 1 saturated heterocycles. The minimum atomic E-state index is -0.653. The smallest absolute Gasteiger partial charge is 0.320 e. The van der Waals surface area contributed by atoms with Crippen molar-refractivity contribution in [2.24, 2.45) is 16.2 Å². The molecule has 1 unspecified atom stereocenters. The van der Waals surface area contributed by atoms with Crippen LogP contribution in [-0.2, 0) is 14.3 Å². The van der Waals surface area contributed by atoms with E-state index in [4.69, 9.17) is 4.74 Å². The van der Waals surface area contributed by atoms with E-state index in [1.807, 2.05) is 0 Å². The van der Waals surface area contributed by atoms with Crippen molar-refractivity contribution in [3.63, 3.8) is 0 Å². The fourth-order valence-corrected chi connectivity index (χ4v) is 3.01. The Labute approximate surface area is 117 Å².